The summed E-state index contributed by atoms with van der Waals surface area (Å²) in [6.07, 6.45) is 1.29. The molecule has 0 unspecified atom stereocenters. The summed E-state index contributed by atoms with van der Waals surface area (Å²) in [7, 11) is -4.77. The Bertz CT molecular complexity index is 1110. The summed E-state index contributed by atoms with van der Waals surface area (Å²) in [6, 6.07) is 0. The van der Waals surface area contributed by atoms with Crippen LogP contribution in [-0.2, 0) is 26.7 Å². The van der Waals surface area contributed by atoms with Crippen LogP contribution in [-0.4, -0.2) is 52.4 Å². The molecule has 0 aliphatic carbocycles. The van der Waals surface area contributed by atoms with Crippen molar-refractivity contribution in [2.45, 2.75) is 58.7 Å². The molecule has 0 aliphatic rings. The maximum Gasteiger partial charge on any atom is 0.402 e. The van der Waals surface area contributed by atoms with Gasteiger partial charge in [-0.1, -0.05) is 16.8 Å². The van der Waals surface area contributed by atoms with E-state index in [2.05, 4.69) is 25.3 Å². The highest BCUT2D eigenvalue weighted by Gasteiger charge is 2.55. The third-order valence-electron chi connectivity index (χ3n) is 3.81. The van der Waals surface area contributed by atoms with Crippen LogP contribution in [0.2, 0.25) is 5.15 Å². The van der Waals surface area contributed by atoms with Crippen molar-refractivity contribution in [3.63, 3.8) is 0 Å². The number of nitrogens with two attached hydrogens (primary N) is 1. The van der Waals surface area contributed by atoms with Crippen LogP contribution < -0.4 is 5.73 Å². The molecule has 0 fully saturated rings. The number of hydrogen-bond acceptors (Lipinski definition) is 9. The van der Waals surface area contributed by atoms with Gasteiger partial charge in [-0.15, -0.1) is 5.10 Å². The van der Waals surface area contributed by atoms with Crippen LogP contribution >= 0.6 is 19.2 Å². The van der Waals surface area contributed by atoms with Gasteiger partial charge in [0, 0.05) is 0 Å². The summed E-state index contributed by atoms with van der Waals surface area (Å²) in [5.74, 6) is -0.0337. The van der Waals surface area contributed by atoms with Gasteiger partial charge in [0.05, 0.1) is 31.3 Å². The minimum Gasteiger partial charge on any atom is -0.368 e. The van der Waals surface area contributed by atoms with Crippen LogP contribution in [0.4, 0.5) is 14.7 Å². The Hall–Kier alpha value is -2.21. The molecule has 0 aromatic carbocycles. The minimum atomic E-state index is -4.77. The van der Waals surface area contributed by atoms with Gasteiger partial charge in [0.25, 0.3) is 0 Å². The smallest absolute Gasteiger partial charge is 0.368 e. The molecule has 3 heterocycles. The Morgan fingerprint density at radius 3 is 2.48 bits per heavy atom. The number of nitrogen functional groups attached to an aromatic ring is 1. The largest absolute Gasteiger partial charge is 0.402 e. The second-order valence-corrected chi connectivity index (χ2v) is 9.73. The molecular weight excluding hydrogens is 457 g/mol. The lowest BCUT2D eigenvalue weighted by atomic mass is 10.4. The maximum absolute atomic E-state index is 14.9. The Morgan fingerprint density at radius 1 is 1.23 bits per heavy atom. The molecule has 0 spiro atoms. The van der Waals surface area contributed by atoms with Crippen LogP contribution in [0.25, 0.3) is 11.2 Å². The average Bonchev–Trinajstić information content (AvgIpc) is 3.20. The van der Waals surface area contributed by atoms with E-state index in [-0.39, 0.29) is 17.6 Å². The highest BCUT2D eigenvalue weighted by atomic mass is 35.5. The Morgan fingerprint density at radius 2 is 1.87 bits per heavy atom. The lowest BCUT2D eigenvalue weighted by molar-refractivity contribution is 0.00517. The number of rotatable bonds is 9. The van der Waals surface area contributed by atoms with Crippen LogP contribution in [0.3, 0.4) is 0 Å². The van der Waals surface area contributed by atoms with E-state index in [0.717, 1.165) is 4.68 Å². The first-order valence-corrected chi connectivity index (χ1v) is 11.2. The van der Waals surface area contributed by atoms with Crippen molar-refractivity contribution in [2.75, 3.05) is 5.73 Å². The summed E-state index contributed by atoms with van der Waals surface area (Å²) in [5.41, 5.74) is 2.81. The molecule has 0 amide bonds. The second kappa shape index (κ2) is 8.73. The fraction of sp³-hybridized carbons (Fsp3) is 0.562. The highest BCUT2D eigenvalue weighted by molar-refractivity contribution is 7.55. The summed E-state index contributed by atoms with van der Waals surface area (Å²) in [4.78, 5) is 12.0. The monoisotopic (exact) mass is 478 g/mol. The Balaban J connectivity index is 1.81. The molecule has 3 rings (SSSR count). The number of aromatic nitrogens is 7. The molecule has 0 saturated heterocycles. The summed E-state index contributed by atoms with van der Waals surface area (Å²) in [6.45, 7) is 5.06. The number of fused-ring (bicyclic) bond motifs is 1. The number of alkyl halides is 2. The predicted molar refractivity (Wildman–Crippen MR) is 109 cm³/mol. The number of imidazole rings is 1. The van der Waals surface area contributed by atoms with Crippen molar-refractivity contribution < 1.29 is 22.4 Å². The van der Waals surface area contributed by atoms with Gasteiger partial charge < -0.3 is 19.3 Å². The van der Waals surface area contributed by atoms with Crippen molar-refractivity contribution in [1.29, 1.82) is 0 Å². The van der Waals surface area contributed by atoms with Crippen molar-refractivity contribution in [2.24, 2.45) is 0 Å². The fourth-order valence-corrected chi connectivity index (χ4v) is 4.73. The first-order valence-electron chi connectivity index (χ1n) is 9.28. The first-order chi connectivity index (χ1) is 14.4. The molecule has 3 aromatic heterocycles. The van der Waals surface area contributed by atoms with Crippen LogP contribution in [0.5, 0.6) is 0 Å². The van der Waals surface area contributed by atoms with Gasteiger partial charge in [0.2, 0.25) is 5.95 Å². The summed E-state index contributed by atoms with van der Waals surface area (Å²) >= 11 is 6.00. The predicted octanol–water partition coefficient (Wildman–Crippen LogP) is 3.34. The van der Waals surface area contributed by atoms with E-state index >= 15 is 0 Å². The third kappa shape index (κ3) is 5.17. The van der Waals surface area contributed by atoms with E-state index in [0.29, 0.717) is 16.9 Å². The SMILES string of the molecule is CC(C)OP(=O)(OC(C)C)C(F)(F)Cn1cc(Cn2cnc3c(Cl)nc(N)nc32)nn1. The molecule has 3 aromatic rings. The molecule has 2 N–H and O–H groups in total. The molecule has 0 atom stereocenters. The Kier molecular flexibility index (Phi) is 6.61. The highest BCUT2D eigenvalue weighted by Crippen LogP contribution is 2.63. The lowest BCUT2D eigenvalue weighted by Gasteiger charge is -2.29. The zero-order valence-electron chi connectivity index (χ0n) is 17.2. The van der Waals surface area contributed by atoms with Gasteiger partial charge in [0.15, 0.2) is 10.8 Å². The number of nitrogens with zero attached hydrogens (tertiary/aromatic N) is 7. The number of hydrogen-bond donors (Lipinski definition) is 1. The maximum atomic E-state index is 14.9. The van der Waals surface area contributed by atoms with E-state index < -0.39 is 32.0 Å². The lowest BCUT2D eigenvalue weighted by Crippen LogP contribution is -2.29. The first kappa shape index (κ1) is 23.5. The zero-order chi connectivity index (χ0) is 23.0. The van der Waals surface area contributed by atoms with Gasteiger partial charge >= 0.3 is 13.3 Å². The molecule has 15 heteroatoms. The molecule has 0 bridgehead atoms. The quantitative estimate of drug-likeness (QED) is 0.362. The van der Waals surface area contributed by atoms with Gasteiger partial charge in [0.1, 0.15) is 17.8 Å². The van der Waals surface area contributed by atoms with Crippen molar-refractivity contribution in [1.82, 2.24) is 34.5 Å². The van der Waals surface area contributed by atoms with Crippen molar-refractivity contribution in [3.8, 4) is 0 Å². The van der Waals surface area contributed by atoms with Gasteiger partial charge in [-0.25, -0.2) is 9.67 Å². The standard InChI is InChI=1S/C16H22ClF2N8O3P/c1-9(2)29-31(28,30-10(3)4)16(18,19)7-27-6-11(24-25-27)5-26-8-21-12-13(17)22-15(20)23-14(12)26/h6,8-10H,5,7H2,1-4H3,(H2,20,22,23). The Labute approximate surface area is 181 Å². The van der Waals surface area contributed by atoms with Gasteiger partial charge in [-0.05, 0) is 27.7 Å². The molecular formula is C16H22ClF2N8O3P. The van der Waals surface area contributed by atoms with E-state index in [1.807, 2.05) is 0 Å². The molecule has 0 radical (unpaired) electrons. The molecule has 11 nitrogen and oxygen atoms in total. The van der Waals surface area contributed by atoms with E-state index in [1.54, 1.807) is 4.57 Å². The summed E-state index contributed by atoms with van der Waals surface area (Å²) < 4.78 is 55.1. The van der Waals surface area contributed by atoms with Crippen LogP contribution in [0.15, 0.2) is 12.5 Å². The van der Waals surface area contributed by atoms with E-state index in [9.17, 15) is 13.3 Å². The number of anilines is 1. The van der Waals surface area contributed by atoms with Crippen molar-refractivity contribution in [3.05, 3.63) is 23.4 Å². The minimum absolute atomic E-state index is 0.0337. The normalized spacial score (nSPS) is 13.1. The zero-order valence-corrected chi connectivity index (χ0v) is 18.9. The fourth-order valence-electron chi connectivity index (χ4n) is 2.72. The average molecular weight is 479 g/mol. The van der Waals surface area contributed by atoms with E-state index in [4.69, 9.17) is 26.4 Å². The topological polar surface area (TPSA) is 136 Å². The van der Waals surface area contributed by atoms with E-state index in [1.165, 1.54) is 40.2 Å². The molecule has 31 heavy (non-hydrogen) atoms. The molecule has 0 saturated carbocycles. The van der Waals surface area contributed by atoms with Crippen LogP contribution in [0, 0.1) is 0 Å². The third-order valence-corrected chi connectivity index (χ3v) is 6.41. The molecule has 0 aliphatic heterocycles. The van der Waals surface area contributed by atoms with Crippen LogP contribution in [0.1, 0.15) is 33.4 Å². The summed E-state index contributed by atoms with van der Waals surface area (Å²) in [5, 5.41) is 7.68. The van der Waals surface area contributed by atoms with Crippen molar-refractivity contribution >= 4 is 36.3 Å². The second-order valence-electron chi connectivity index (χ2n) is 7.30. The molecule has 170 valence electrons. The van der Waals surface area contributed by atoms with Gasteiger partial charge in [-0.2, -0.15) is 18.7 Å². The number of halogens is 3. The van der Waals surface area contributed by atoms with Gasteiger partial charge in [-0.3, -0.25) is 4.57 Å².